The van der Waals surface area contributed by atoms with Crippen LogP contribution in [0.15, 0.2) is 18.2 Å². The molecule has 0 aliphatic rings. The topological polar surface area (TPSA) is 129 Å². The Kier molecular flexibility index (Phi) is 12.6. The van der Waals surface area contributed by atoms with Gasteiger partial charge in [-0.2, -0.15) is 16.8 Å². The zero-order chi connectivity index (χ0) is 17.0. The minimum atomic E-state index is -4.21. The van der Waals surface area contributed by atoms with Crippen molar-refractivity contribution in [3.63, 3.8) is 0 Å². The zero-order valence-corrected chi connectivity index (χ0v) is 13.5. The number of aryl methyl sites for hydroxylation is 1. The molecule has 1 aromatic carbocycles. The number of aldehydes is 1. The summed E-state index contributed by atoms with van der Waals surface area (Å²) in [6.45, 7) is 1.36. The molecule has 8 nitrogen and oxygen atoms in total. The predicted octanol–water partition coefficient (Wildman–Crippen LogP) is -0.907. The molecule has 0 radical (unpaired) electrons. The third kappa shape index (κ3) is 10.5. The van der Waals surface area contributed by atoms with Crippen LogP contribution < -0.4 is 4.90 Å². The Morgan fingerprint density at radius 3 is 1.79 bits per heavy atom. The molecule has 0 atom stereocenters. The van der Waals surface area contributed by atoms with Crippen LogP contribution in [0.4, 0.5) is 5.69 Å². The van der Waals surface area contributed by atoms with Crippen molar-refractivity contribution in [1.29, 1.82) is 0 Å². The Bertz CT molecular complexity index is 715. The molecule has 1 aromatic rings. The quantitative estimate of drug-likeness (QED) is 0.327. The van der Waals surface area contributed by atoms with E-state index in [0.29, 0.717) is 23.1 Å². The van der Waals surface area contributed by atoms with Crippen LogP contribution in [0.1, 0.15) is 15.9 Å². The molecule has 0 spiro atoms. The van der Waals surface area contributed by atoms with Crippen molar-refractivity contribution < 1.29 is 30.7 Å². The van der Waals surface area contributed by atoms with E-state index in [1.54, 1.807) is 13.0 Å². The Morgan fingerprint density at radius 2 is 1.46 bits per heavy atom. The van der Waals surface area contributed by atoms with Gasteiger partial charge in [-0.1, -0.05) is 0 Å². The molecule has 128 valence electrons. The van der Waals surface area contributed by atoms with Crippen molar-refractivity contribution >= 4 is 91.3 Å². The van der Waals surface area contributed by atoms with E-state index in [-0.39, 0.29) is 72.2 Å². The maximum absolute atomic E-state index is 10.9. The first-order valence-corrected chi connectivity index (χ1v) is 9.45. The molecular weight excluding hydrogens is 380 g/mol. The second-order valence-corrected chi connectivity index (χ2v) is 7.86. The van der Waals surface area contributed by atoms with Gasteiger partial charge in [-0.15, -0.1) is 0 Å². The van der Waals surface area contributed by atoms with E-state index in [1.807, 2.05) is 0 Å². The van der Waals surface area contributed by atoms with Crippen molar-refractivity contribution in [2.45, 2.75) is 6.92 Å². The molecule has 0 heterocycles. The van der Waals surface area contributed by atoms with Gasteiger partial charge in [0.15, 0.2) is 0 Å². The van der Waals surface area contributed by atoms with Gasteiger partial charge in [0.05, 0.1) is 11.5 Å². The second kappa shape index (κ2) is 11.3. The van der Waals surface area contributed by atoms with Gasteiger partial charge in [0, 0.05) is 24.3 Å². The molecule has 0 fully saturated rings. The summed E-state index contributed by atoms with van der Waals surface area (Å²) >= 11 is 0. The van der Waals surface area contributed by atoms with E-state index in [4.69, 9.17) is 9.11 Å². The van der Waals surface area contributed by atoms with E-state index in [9.17, 15) is 21.6 Å². The van der Waals surface area contributed by atoms with E-state index in [2.05, 4.69) is 0 Å². The molecule has 0 saturated heterocycles. The fourth-order valence-corrected chi connectivity index (χ4v) is 2.71. The molecule has 0 saturated carbocycles. The molecular formula is C12H19NNa2O7S2. The van der Waals surface area contributed by atoms with E-state index in [0.717, 1.165) is 0 Å². The van der Waals surface area contributed by atoms with Gasteiger partial charge in [-0.25, -0.2) is 0 Å². The number of anilines is 1. The van der Waals surface area contributed by atoms with Crippen molar-refractivity contribution in [1.82, 2.24) is 0 Å². The molecule has 0 unspecified atom stereocenters. The molecule has 0 aliphatic heterocycles. The van der Waals surface area contributed by atoms with E-state index >= 15 is 0 Å². The van der Waals surface area contributed by atoms with Crippen molar-refractivity contribution in [3.8, 4) is 0 Å². The van der Waals surface area contributed by atoms with Crippen LogP contribution in [-0.4, -0.2) is 116 Å². The van der Waals surface area contributed by atoms with E-state index < -0.39 is 31.7 Å². The molecule has 0 aliphatic carbocycles. The standard InChI is InChI=1S/C12H17NO7S2.2Na.2H/c1-10-8-12(3-2-11(10)9-14)13(4-6-21(15,16)17)5-7-22(18,19)20;;;;/h2-3,8-9H,4-7H2,1H3,(H,15,16,17)(H,18,19,20);;;;. The summed E-state index contributed by atoms with van der Waals surface area (Å²) in [7, 11) is -8.43. The predicted molar refractivity (Wildman–Crippen MR) is 95.9 cm³/mol. The zero-order valence-electron chi connectivity index (χ0n) is 11.8. The van der Waals surface area contributed by atoms with Gasteiger partial charge in [0.25, 0.3) is 20.2 Å². The summed E-state index contributed by atoms with van der Waals surface area (Å²) in [4.78, 5) is 12.2. The van der Waals surface area contributed by atoms with Crippen LogP contribution in [-0.2, 0) is 20.2 Å². The number of hydrogen-bond acceptors (Lipinski definition) is 6. The first kappa shape index (κ1) is 26.7. The van der Waals surface area contributed by atoms with Crippen LogP contribution in [0.2, 0.25) is 0 Å². The fourth-order valence-electron chi connectivity index (χ4n) is 1.81. The monoisotopic (exact) mass is 399 g/mol. The molecule has 0 amide bonds. The van der Waals surface area contributed by atoms with Crippen LogP contribution >= 0.6 is 0 Å². The average molecular weight is 399 g/mol. The second-order valence-electron chi connectivity index (χ2n) is 4.72. The Morgan fingerprint density at radius 1 is 1.00 bits per heavy atom. The van der Waals surface area contributed by atoms with Crippen molar-refractivity contribution in [2.24, 2.45) is 0 Å². The normalized spacial score (nSPS) is 11.1. The fraction of sp³-hybridized carbons (Fsp3) is 0.417. The number of nitrogens with zero attached hydrogens (tertiary/aromatic N) is 1. The summed E-state index contributed by atoms with van der Waals surface area (Å²) in [5, 5.41) is 0. The molecule has 24 heavy (non-hydrogen) atoms. The Labute approximate surface area is 186 Å². The van der Waals surface area contributed by atoms with Crippen LogP contribution in [0, 0.1) is 6.92 Å². The van der Waals surface area contributed by atoms with Crippen LogP contribution in [0.5, 0.6) is 0 Å². The Hall–Kier alpha value is 0.510. The average Bonchev–Trinajstić information content (AvgIpc) is 2.36. The summed E-state index contributed by atoms with van der Waals surface area (Å²) in [5.41, 5.74) is 1.57. The number of carbonyl (C=O) groups is 1. The maximum atomic E-state index is 10.9. The number of benzene rings is 1. The molecule has 12 heteroatoms. The molecule has 0 aromatic heterocycles. The molecule has 2 N–H and O–H groups in total. The minimum absolute atomic E-state index is 0. The number of rotatable bonds is 8. The summed E-state index contributed by atoms with van der Waals surface area (Å²) < 4.78 is 61.0. The number of hydrogen-bond donors (Lipinski definition) is 2. The van der Waals surface area contributed by atoms with Gasteiger partial charge in [-0.3, -0.25) is 13.9 Å². The van der Waals surface area contributed by atoms with Crippen LogP contribution in [0.3, 0.4) is 0 Å². The van der Waals surface area contributed by atoms with Gasteiger partial charge in [0.1, 0.15) is 6.29 Å². The summed E-state index contributed by atoms with van der Waals surface area (Å²) in [5.74, 6) is -1.18. The molecule has 1 rings (SSSR count). The molecule has 0 bridgehead atoms. The first-order valence-electron chi connectivity index (χ1n) is 6.23. The van der Waals surface area contributed by atoms with E-state index in [1.165, 1.54) is 17.0 Å². The van der Waals surface area contributed by atoms with Gasteiger partial charge in [-0.05, 0) is 30.7 Å². The summed E-state index contributed by atoms with van der Waals surface area (Å²) in [6.07, 6.45) is 0.666. The van der Waals surface area contributed by atoms with Gasteiger partial charge < -0.3 is 4.90 Å². The third-order valence-corrected chi connectivity index (χ3v) is 4.38. The Balaban J connectivity index is 0. The van der Waals surface area contributed by atoms with Crippen molar-refractivity contribution in [2.75, 3.05) is 29.5 Å². The third-order valence-electron chi connectivity index (χ3n) is 2.98. The number of carbonyl (C=O) groups excluding carboxylic acids is 1. The summed E-state index contributed by atoms with van der Waals surface area (Å²) in [6, 6.07) is 4.65. The van der Waals surface area contributed by atoms with Crippen LogP contribution in [0.25, 0.3) is 0 Å². The first-order chi connectivity index (χ1) is 10.0. The SMILES string of the molecule is Cc1cc(N(CCS(=O)(=O)O)CCS(=O)(=O)O)ccc1C=O.[NaH].[NaH]. The van der Waals surface area contributed by atoms with Crippen molar-refractivity contribution in [3.05, 3.63) is 29.3 Å². The van der Waals surface area contributed by atoms with Gasteiger partial charge >= 0.3 is 59.1 Å². The van der Waals surface area contributed by atoms with Gasteiger partial charge in [0.2, 0.25) is 0 Å².